The van der Waals surface area contributed by atoms with Gasteiger partial charge in [0, 0.05) is 18.0 Å². The fraction of sp³-hybridized carbons (Fsp3) is 0.429. The second kappa shape index (κ2) is 8.48. The van der Waals surface area contributed by atoms with Crippen molar-refractivity contribution in [3.8, 4) is 11.4 Å². The highest BCUT2D eigenvalue weighted by Gasteiger charge is 2.14. The number of nitrogens with zero attached hydrogens (tertiary/aromatic N) is 3. The van der Waals surface area contributed by atoms with Gasteiger partial charge in [-0.3, -0.25) is 4.90 Å². The molecule has 3 rings (SSSR count). The van der Waals surface area contributed by atoms with Crippen LogP contribution in [-0.4, -0.2) is 27.6 Å². The van der Waals surface area contributed by atoms with Gasteiger partial charge in [-0.05, 0) is 64.4 Å². The number of aryl methyl sites for hydroxylation is 3. The zero-order valence-electron chi connectivity index (χ0n) is 16.3. The van der Waals surface area contributed by atoms with Gasteiger partial charge in [0.15, 0.2) is 0 Å². The maximum atomic E-state index is 13.7. The van der Waals surface area contributed by atoms with Crippen molar-refractivity contribution in [1.82, 2.24) is 15.0 Å². The van der Waals surface area contributed by atoms with E-state index in [0.29, 0.717) is 35.3 Å². The molecule has 6 heteroatoms. The van der Waals surface area contributed by atoms with Gasteiger partial charge in [0.25, 0.3) is 0 Å². The topological polar surface area (TPSA) is 55.3 Å². The molecule has 0 radical (unpaired) electrons. The van der Waals surface area contributed by atoms with Gasteiger partial charge < -0.3 is 8.94 Å². The van der Waals surface area contributed by atoms with Crippen LogP contribution in [0.3, 0.4) is 0 Å². The van der Waals surface area contributed by atoms with Crippen LogP contribution in [0, 0.1) is 19.7 Å². The summed E-state index contributed by atoms with van der Waals surface area (Å²) < 4.78 is 24.7. The smallest absolute Gasteiger partial charge is 0.227 e. The molecule has 0 saturated heterocycles. The summed E-state index contributed by atoms with van der Waals surface area (Å²) in [4.78, 5) is 6.75. The molecule has 5 nitrogen and oxygen atoms in total. The van der Waals surface area contributed by atoms with E-state index in [0.717, 1.165) is 31.0 Å². The lowest BCUT2D eigenvalue weighted by Gasteiger charge is -2.25. The lowest BCUT2D eigenvalue weighted by atomic mass is 10.1. The van der Waals surface area contributed by atoms with Gasteiger partial charge in [-0.25, -0.2) is 4.39 Å². The molecule has 0 aliphatic rings. The van der Waals surface area contributed by atoms with Crippen molar-refractivity contribution in [2.45, 2.75) is 53.1 Å². The van der Waals surface area contributed by atoms with Gasteiger partial charge in [-0.15, -0.1) is 0 Å². The zero-order chi connectivity index (χ0) is 19.4. The molecule has 2 aromatic heterocycles. The van der Waals surface area contributed by atoms with Gasteiger partial charge >= 0.3 is 0 Å². The Labute approximate surface area is 159 Å². The van der Waals surface area contributed by atoms with E-state index in [1.165, 1.54) is 6.07 Å². The summed E-state index contributed by atoms with van der Waals surface area (Å²) in [6.45, 7) is 9.71. The van der Waals surface area contributed by atoms with Crippen LogP contribution in [0.25, 0.3) is 11.4 Å². The van der Waals surface area contributed by atoms with Crippen molar-refractivity contribution in [1.29, 1.82) is 0 Å². The third-order valence-corrected chi connectivity index (χ3v) is 4.62. The third kappa shape index (κ3) is 5.04. The van der Waals surface area contributed by atoms with Crippen molar-refractivity contribution in [2.75, 3.05) is 6.54 Å². The molecular weight excluding hydrogens is 345 g/mol. The molecule has 0 atom stereocenters. The Morgan fingerprint density at radius 3 is 2.63 bits per heavy atom. The molecule has 0 bridgehead atoms. The first kappa shape index (κ1) is 19.3. The normalized spacial score (nSPS) is 11.7. The van der Waals surface area contributed by atoms with Gasteiger partial charge in [0.1, 0.15) is 17.3 Å². The molecule has 0 N–H and O–H groups in total. The summed E-state index contributed by atoms with van der Waals surface area (Å²) in [5.41, 5.74) is 1.23. The van der Waals surface area contributed by atoms with E-state index in [1.807, 2.05) is 19.1 Å². The van der Waals surface area contributed by atoms with Crippen molar-refractivity contribution >= 4 is 0 Å². The summed E-state index contributed by atoms with van der Waals surface area (Å²) in [6, 6.07) is 9.38. The third-order valence-electron chi connectivity index (χ3n) is 4.62. The van der Waals surface area contributed by atoms with Crippen LogP contribution in [0.2, 0.25) is 0 Å². The second-order valence-corrected chi connectivity index (χ2v) is 7.16. The van der Waals surface area contributed by atoms with Gasteiger partial charge in [-0.1, -0.05) is 17.3 Å². The highest BCUT2D eigenvalue weighted by Crippen LogP contribution is 2.19. The number of furan rings is 1. The molecule has 27 heavy (non-hydrogen) atoms. The molecule has 0 fully saturated rings. The van der Waals surface area contributed by atoms with E-state index in [1.54, 1.807) is 19.1 Å². The predicted molar refractivity (Wildman–Crippen MR) is 102 cm³/mol. The average Bonchev–Trinajstić information content (AvgIpc) is 3.25. The van der Waals surface area contributed by atoms with E-state index >= 15 is 0 Å². The molecule has 0 unspecified atom stereocenters. The number of benzene rings is 1. The monoisotopic (exact) mass is 371 g/mol. The summed E-state index contributed by atoms with van der Waals surface area (Å²) in [5, 5.41) is 3.98. The minimum atomic E-state index is -0.264. The van der Waals surface area contributed by atoms with Crippen LogP contribution in [0.15, 0.2) is 39.3 Å². The van der Waals surface area contributed by atoms with Crippen molar-refractivity contribution in [3.05, 3.63) is 59.1 Å². The Morgan fingerprint density at radius 2 is 1.96 bits per heavy atom. The van der Waals surface area contributed by atoms with Crippen LogP contribution in [0.4, 0.5) is 4.39 Å². The van der Waals surface area contributed by atoms with Crippen molar-refractivity contribution in [2.24, 2.45) is 0 Å². The number of hydrogen-bond acceptors (Lipinski definition) is 5. The molecule has 0 aliphatic carbocycles. The molecular formula is C21H26FN3O2. The van der Waals surface area contributed by atoms with E-state index in [2.05, 4.69) is 28.9 Å². The fourth-order valence-corrected chi connectivity index (χ4v) is 2.93. The Hall–Kier alpha value is -2.47. The lowest BCUT2D eigenvalue weighted by molar-refractivity contribution is 0.191. The molecule has 2 heterocycles. The van der Waals surface area contributed by atoms with Crippen LogP contribution < -0.4 is 0 Å². The minimum Gasteiger partial charge on any atom is -0.465 e. The Morgan fingerprint density at radius 1 is 1.15 bits per heavy atom. The Kier molecular flexibility index (Phi) is 6.06. The Balaban J connectivity index is 1.56. The van der Waals surface area contributed by atoms with Crippen LogP contribution >= 0.6 is 0 Å². The number of halogens is 1. The Bertz CT molecular complexity index is 885. The van der Waals surface area contributed by atoms with Crippen molar-refractivity contribution in [3.63, 3.8) is 0 Å². The standard InChI is InChI=1S/C21H26FN3O2/c1-14(2)25(13-18-10-8-16(4)26-18)11-5-6-20-23-21(24-27-20)17-9-7-15(3)19(22)12-17/h7-10,12,14H,5-6,11,13H2,1-4H3. The van der Waals surface area contributed by atoms with Crippen LogP contribution in [0.5, 0.6) is 0 Å². The molecule has 0 saturated carbocycles. The maximum Gasteiger partial charge on any atom is 0.227 e. The molecule has 0 aliphatic heterocycles. The SMILES string of the molecule is Cc1ccc(CN(CCCc2nc(-c3ccc(C)c(F)c3)no2)C(C)C)o1. The largest absolute Gasteiger partial charge is 0.465 e. The predicted octanol–water partition coefficient (Wildman–Crippen LogP) is 4.93. The summed E-state index contributed by atoms with van der Waals surface area (Å²) in [7, 11) is 0. The van der Waals surface area contributed by atoms with Crippen LogP contribution in [0.1, 0.15) is 43.2 Å². The summed E-state index contributed by atoms with van der Waals surface area (Å²) >= 11 is 0. The van der Waals surface area contributed by atoms with Crippen molar-refractivity contribution < 1.29 is 13.3 Å². The highest BCUT2D eigenvalue weighted by molar-refractivity contribution is 5.54. The molecule has 0 spiro atoms. The summed E-state index contributed by atoms with van der Waals surface area (Å²) in [6.07, 6.45) is 1.57. The van der Waals surface area contributed by atoms with E-state index in [9.17, 15) is 4.39 Å². The van der Waals surface area contributed by atoms with E-state index in [-0.39, 0.29) is 5.82 Å². The fourth-order valence-electron chi connectivity index (χ4n) is 2.93. The van der Waals surface area contributed by atoms with Gasteiger partial charge in [-0.2, -0.15) is 4.98 Å². The van der Waals surface area contributed by atoms with E-state index in [4.69, 9.17) is 8.94 Å². The number of hydrogen-bond donors (Lipinski definition) is 0. The molecule has 3 aromatic rings. The quantitative estimate of drug-likeness (QED) is 0.562. The number of rotatable bonds is 8. The van der Waals surface area contributed by atoms with E-state index < -0.39 is 0 Å². The first-order chi connectivity index (χ1) is 12.9. The molecule has 0 amide bonds. The van der Waals surface area contributed by atoms with Crippen LogP contribution in [-0.2, 0) is 13.0 Å². The first-order valence-corrected chi connectivity index (χ1v) is 9.31. The first-order valence-electron chi connectivity index (χ1n) is 9.31. The van der Waals surface area contributed by atoms with Gasteiger partial charge in [0.2, 0.25) is 11.7 Å². The average molecular weight is 371 g/mol. The van der Waals surface area contributed by atoms with Gasteiger partial charge in [0.05, 0.1) is 6.54 Å². The lowest BCUT2D eigenvalue weighted by Crippen LogP contribution is -2.31. The molecule has 144 valence electrons. The summed E-state index contributed by atoms with van der Waals surface area (Å²) in [5.74, 6) is 2.64. The minimum absolute atomic E-state index is 0.264. The maximum absolute atomic E-state index is 13.7. The highest BCUT2D eigenvalue weighted by atomic mass is 19.1. The molecule has 1 aromatic carbocycles. The zero-order valence-corrected chi connectivity index (χ0v) is 16.3. The number of aromatic nitrogens is 2. The second-order valence-electron chi connectivity index (χ2n) is 7.16.